The molecule has 0 aliphatic heterocycles. The maximum atomic E-state index is 2.50. The van der Waals surface area contributed by atoms with Crippen LogP contribution in [-0.2, 0) is 13.5 Å². The van der Waals surface area contributed by atoms with E-state index < -0.39 is 0 Å². The Hall–Kier alpha value is -2.15. The molecule has 152 valence electrons. The summed E-state index contributed by atoms with van der Waals surface area (Å²) in [6.07, 6.45) is 8.92. The third-order valence-corrected chi connectivity index (χ3v) is 6.98. The molecule has 29 heavy (non-hydrogen) atoms. The molecule has 1 aromatic heterocycles. The Morgan fingerprint density at radius 3 is 2.38 bits per heavy atom. The van der Waals surface area contributed by atoms with Crippen molar-refractivity contribution in [2.45, 2.75) is 72.6 Å². The monoisotopic (exact) mass is 386 g/mol. The maximum Gasteiger partial charge on any atom is 0.216 e. The first-order valence-electron chi connectivity index (χ1n) is 11.4. The van der Waals surface area contributed by atoms with Crippen LogP contribution in [0.3, 0.4) is 0 Å². The van der Waals surface area contributed by atoms with Gasteiger partial charge in [0.05, 0.1) is 0 Å². The molecule has 0 atom stereocenters. The fourth-order valence-electron chi connectivity index (χ4n) is 5.32. The highest BCUT2D eigenvalue weighted by Crippen LogP contribution is 2.38. The minimum absolute atomic E-state index is 0.681. The van der Waals surface area contributed by atoms with Crippen LogP contribution in [0, 0.1) is 26.7 Å². The molecule has 0 N–H and O–H groups in total. The molecular formula is C28H36N+. The van der Waals surface area contributed by atoms with Gasteiger partial charge in [0, 0.05) is 16.5 Å². The van der Waals surface area contributed by atoms with Gasteiger partial charge in [0.15, 0.2) is 6.20 Å². The second-order valence-electron chi connectivity index (χ2n) is 9.72. The van der Waals surface area contributed by atoms with Crippen molar-refractivity contribution in [1.82, 2.24) is 0 Å². The fourth-order valence-corrected chi connectivity index (χ4v) is 5.32. The number of pyridine rings is 1. The largest absolute Gasteiger partial charge is 0.216 e. The summed E-state index contributed by atoms with van der Waals surface area (Å²) >= 11 is 0. The van der Waals surface area contributed by atoms with Crippen LogP contribution in [0.25, 0.3) is 22.0 Å². The van der Waals surface area contributed by atoms with Gasteiger partial charge in [0.2, 0.25) is 5.69 Å². The minimum atomic E-state index is 0.681. The highest BCUT2D eigenvalue weighted by molar-refractivity contribution is 5.89. The van der Waals surface area contributed by atoms with Gasteiger partial charge in [-0.3, -0.25) is 0 Å². The Labute approximate surface area is 176 Å². The number of fused-ring (bicyclic) bond motifs is 1. The lowest BCUT2D eigenvalue weighted by atomic mass is 9.88. The molecule has 0 radical (unpaired) electrons. The van der Waals surface area contributed by atoms with Crippen LogP contribution >= 0.6 is 0 Å². The van der Waals surface area contributed by atoms with E-state index in [1.54, 1.807) is 5.56 Å². The number of rotatable bonds is 4. The van der Waals surface area contributed by atoms with Gasteiger partial charge in [0.25, 0.3) is 0 Å². The summed E-state index contributed by atoms with van der Waals surface area (Å²) in [6.45, 7) is 11.5. The summed E-state index contributed by atoms with van der Waals surface area (Å²) in [6, 6.07) is 12.0. The van der Waals surface area contributed by atoms with Gasteiger partial charge < -0.3 is 0 Å². The standard InChI is InChI=1S/C28H36N/c1-18(2)13-22-11-12-24-17-29(6)28(21(5)26(24)15-22)27-16-25(14-19(3)20(27)4)23-9-7-8-10-23/h11-12,14-18,23H,7-10,13H2,1-6H3/q+1. The zero-order valence-corrected chi connectivity index (χ0v) is 19.1. The molecule has 1 saturated carbocycles. The molecule has 2 aromatic carbocycles. The summed E-state index contributed by atoms with van der Waals surface area (Å²) in [7, 11) is 2.21. The van der Waals surface area contributed by atoms with E-state index in [1.807, 2.05) is 0 Å². The summed E-state index contributed by atoms with van der Waals surface area (Å²) in [4.78, 5) is 0. The highest BCUT2D eigenvalue weighted by Gasteiger charge is 2.24. The normalized spacial score (nSPS) is 15.0. The molecule has 0 unspecified atom stereocenters. The van der Waals surface area contributed by atoms with E-state index in [0.29, 0.717) is 5.92 Å². The van der Waals surface area contributed by atoms with Crippen molar-refractivity contribution in [3.63, 3.8) is 0 Å². The number of hydrogen-bond donors (Lipinski definition) is 0. The average Bonchev–Trinajstić information content (AvgIpc) is 3.20. The molecule has 3 aromatic rings. The summed E-state index contributed by atoms with van der Waals surface area (Å²) in [5.74, 6) is 1.43. The topological polar surface area (TPSA) is 3.88 Å². The molecule has 0 bridgehead atoms. The van der Waals surface area contributed by atoms with Crippen LogP contribution in [0.1, 0.15) is 73.3 Å². The van der Waals surface area contributed by atoms with Crippen molar-refractivity contribution >= 4 is 10.8 Å². The number of nitrogens with zero attached hydrogens (tertiary/aromatic N) is 1. The first-order valence-corrected chi connectivity index (χ1v) is 11.4. The molecule has 0 amide bonds. The van der Waals surface area contributed by atoms with Crippen LogP contribution in [0.4, 0.5) is 0 Å². The Morgan fingerprint density at radius 2 is 1.69 bits per heavy atom. The van der Waals surface area contributed by atoms with Gasteiger partial charge in [-0.25, -0.2) is 4.57 Å². The molecule has 1 fully saturated rings. The third-order valence-electron chi connectivity index (χ3n) is 6.98. The van der Waals surface area contributed by atoms with Crippen molar-refractivity contribution < 1.29 is 4.57 Å². The average molecular weight is 387 g/mol. The number of hydrogen-bond acceptors (Lipinski definition) is 0. The second-order valence-corrected chi connectivity index (χ2v) is 9.72. The number of aromatic nitrogens is 1. The van der Waals surface area contributed by atoms with Gasteiger partial charge in [-0.05, 0) is 91.6 Å². The first-order chi connectivity index (χ1) is 13.8. The number of benzene rings is 2. The van der Waals surface area contributed by atoms with Crippen molar-refractivity contribution in [3.05, 3.63) is 64.3 Å². The molecule has 1 heteroatoms. The molecule has 4 rings (SSSR count). The van der Waals surface area contributed by atoms with Crippen molar-refractivity contribution in [2.24, 2.45) is 13.0 Å². The quantitative estimate of drug-likeness (QED) is 0.421. The zero-order valence-electron chi connectivity index (χ0n) is 19.1. The van der Waals surface area contributed by atoms with E-state index in [0.717, 1.165) is 12.3 Å². The Morgan fingerprint density at radius 1 is 0.966 bits per heavy atom. The van der Waals surface area contributed by atoms with Crippen molar-refractivity contribution in [2.75, 3.05) is 0 Å². The molecule has 0 saturated heterocycles. The lowest BCUT2D eigenvalue weighted by molar-refractivity contribution is -0.659. The van der Waals surface area contributed by atoms with Crippen LogP contribution in [-0.4, -0.2) is 0 Å². The van der Waals surface area contributed by atoms with Crippen LogP contribution in [0.2, 0.25) is 0 Å². The molecule has 0 spiro atoms. The van der Waals surface area contributed by atoms with Gasteiger partial charge >= 0.3 is 0 Å². The molecular weight excluding hydrogens is 350 g/mol. The summed E-state index contributed by atoms with van der Waals surface area (Å²) < 4.78 is 2.35. The van der Waals surface area contributed by atoms with Gasteiger partial charge in [-0.15, -0.1) is 0 Å². The van der Waals surface area contributed by atoms with E-state index in [9.17, 15) is 0 Å². The Balaban J connectivity index is 1.91. The van der Waals surface area contributed by atoms with E-state index in [2.05, 4.69) is 82.8 Å². The van der Waals surface area contributed by atoms with E-state index in [-0.39, 0.29) is 0 Å². The van der Waals surface area contributed by atoms with Gasteiger partial charge in [0.1, 0.15) is 7.05 Å². The van der Waals surface area contributed by atoms with Gasteiger partial charge in [-0.2, -0.15) is 0 Å². The smallest absolute Gasteiger partial charge is 0.200 e. The zero-order chi connectivity index (χ0) is 20.7. The van der Waals surface area contributed by atoms with E-state index in [1.165, 1.54) is 70.0 Å². The maximum absolute atomic E-state index is 2.50. The van der Waals surface area contributed by atoms with Crippen molar-refractivity contribution in [1.29, 1.82) is 0 Å². The SMILES string of the molecule is Cc1cc(C2CCCC2)cc(-c2c(C)c3cc(CC(C)C)ccc3c[n+]2C)c1C. The fraction of sp³-hybridized carbons (Fsp3) is 0.464. The molecule has 1 aliphatic rings. The highest BCUT2D eigenvalue weighted by atomic mass is 14.9. The van der Waals surface area contributed by atoms with Crippen molar-refractivity contribution in [3.8, 4) is 11.3 Å². The van der Waals surface area contributed by atoms with Crippen LogP contribution in [0.5, 0.6) is 0 Å². The van der Waals surface area contributed by atoms with Gasteiger partial charge in [-0.1, -0.05) is 44.9 Å². The lowest BCUT2D eigenvalue weighted by Gasteiger charge is -2.17. The summed E-state index contributed by atoms with van der Waals surface area (Å²) in [5.41, 5.74) is 10.0. The lowest BCUT2D eigenvalue weighted by Crippen LogP contribution is -2.32. The van der Waals surface area contributed by atoms with E-state index in [4.69, 9.17) is 0 Å². The Bertz CT molecular complexity index is 1050. The minimum Gasteiger partial charge on any atom is -0.200 e. The van der Waals surface area contributed by atoms with Crippen LogP contribution in [0.15, 0.2) is 36.5 Å². The van der Waals surface area contributed by atoms with E-state index >= 15 is 0 Å². The van der Waals surface area contributed by atoms with Crippen LogP contribution < -0.4 is 4.57 Å². The predicted octanol–water partition coefficient (Wildman–Crippen LogP) is 7.11. The number of aryl methyl sites for hydroxylation is 3. The summed E-state index contributed by atoms with van der Waals surface area (Å²) in [5, 5.41) is 2.74. The second kappa shape index (κ2) is 7.94. The first kappa shape index (κ1) is 20.1. The Kier molecular flexibility index (Phi) is 5.51. The third kappa shape index (κ3) is 3.84. The molecule has 1 heterocycles. The molecule has 1 nitrogen and oxygen atoms in total. The molecule has 1 aliphatic carbocycles. The predicted molar refractivity (Wildman–Crippen MR) is 125 cm³/mol.